The van der Waals surface area contributed by atoms with Crippen LogP contribution in [0.4, 0.5) is 5.95 Å². The zero-order valence-electron chi connectivity index (χ0n) is 8.95. The number of nitrogens with zero attached hydrogens (tertiary/aromatic N) is 2. The van der Waals surface area contributed by atoms with Gasteiger partial charge in [0.25, 0.3) is 0 Å². The Morgan fingerprint density at radius 3 is 2.53 bits per heavy atom. The summed E-state index contributed by atoms with van der Waals surface area (Å²) < 4.78 is 5.52. The smallest absolute Gasteiger partial charge is 0.225 e. The molecule has 0 amide bonds. The van der Waals surface area contributed by atoms with Crippen LogP contribution in [-0.4, -0.2) is 17.0 Å². The Balaban J connectivity index is 2.24. The van der Waals surface area contributed by atoms with Crippen LogP contribution < -0.4 is 10.1 Å². The van der Waals surface area contributed by atoms with Gasteiger partial charge in [0.05, 0.1) is 0 Å². The Hall–Kier alpha value is -1.52. The van der Waals surface area contributed by atoms with Crippen LogP contribution in [-0.2, 0) is 0 Å². The number of ether oxygens (including phenoxy) is 1. The molecule has 0 radical (unpaired) electrons. The summed E-state index contributed by atoms with van der Waals surface area (Å²) in [4.78, 5) is 8.10. The van der Waals surface area contributed by atoms with Crippen molar-refractivity contribution in [3.63, 3.8) is 0 Å². The van der Waals surface area contributed by atoms with Crippen molar-refractivity contribution in [3.05, 3.63) is 40.5 Å². The van der Waals surface area contributed by atoms with Gasteiger partial charge in [-0.15, -0.1) is 0 Å². The highest BCUT2D eigenvalue weighted by molar-refractivity contribution is 6.34. The van der Waals surface area contributed by atoms with Gasteiger partial charge in [0, 0.05) is 29.4 Å². The number of hydrogen-bond donors (Lipinski definition) is 1. The molecule has 0 aliphatic rings. The third kappa shape index (κ3) is 3.22. The predicted molar refractivity (Wildman–Crippen MR) is 68.1 cm³/mol. The molecule has 17 heavy (non-hydrogen) atoms. The third-order valence-corrected chi connectivity index (χ3v) is 2.35. The molecule has 0 aliphatic heterocycles. The number of aromatic nitrogens is 2. The van der Waals surface area contributed by atoms with Crippen molar-refractivity contribution in [3.8, 4) is 11.6 Å². The van der Waals surface area contributed by atoms with E-state index in [1.807, 2.05) is 0 Å². The van der Waals surface area contributed by atoms with Crippen LogP contribution in [0.3, 0.4) is 0 Å². The highest BCUT2D eigenvalue weighted by atomic mass is 35.5. The summed E-state index contributed by atoms with van der Waals surface area (Å²) in [5.41, 5.74) is 0. The zero-order valence-corrected chi connectivity index (χ0v) is 10.5. The first-order chi connectivity index (χ1) is 8.17. The van der Waals surface area contributed by atoms with Crippen LogP contribution in [0, 0.1) is 0 Å². The van der Waals surface area contributed by atoms with Crippen LogP contribution >= 0.6 is 23.2 Å². The second kappa shape index (κ2) is 5.21. The molecule has 0 spiro atoms. The Morgan fingerprint density at radius 2 is 1.88 bits per heavy atom. The lowest BCUT2D eigenvalue weighted by Gasteiger charge is -2.06. The topological polar surface area (TPSA) is 47.0 Å². The van der Waals surface area contributed by atoms with Crippen molar-refractivity contribution in [1.29, 1.82) is 0 Å². The molecule has 0 unspecified atom stereocenters. The molecule has 0 saturated carbocycles. The summed E-state index contributed by atoms with van der Waals surface area (Å²) in [5.74, 6) is 1.43. The van der Waals surface area contributed by atoms with Crippen LogP contribution in [0.25, 0.3) is 0 Å². The first-order valence-corrected chi connectivity index (χ1v) is 5.58. The maximum Gasteiger partial charge on any atom is 0.225 e. The monoisotopic (exact) mass is 269 g/mol. The molecule has 0 fully saturated rings. The van der Waals surface area contributed by atoms with Gasteiger partial charge in [0.15, 0.2) is 0 Å². The Labute approximate surface area is 109 Å². The Bertz CT molecular complexity index is 514. The fraction of sp³-hybridized carbons (Fsp3) is 0.0909. The molecule has 0 atom stereocenters. The van der Waals surface area contributed by atoms with Gasteiger partial charge in [-0.1, -0.05) is 23.2 Å². The molecule has 4 nitrogen and oxygen atoms in total. The lowest BCUT2D eigenvalue weighted by molar-refractivity contribution is 0.462. The predicted octanol–water partition coefficient (Wildman–Crippen LogP) is 3.62. The van der Waals surface area contributed by atoms with Gasteiger partial charge in [-0.25, -0.2) is 4.98 Å². The largest absolute Gasteiger partial charge is 0.439 e. The van der Waals surface area contributed by atoms with E-state index < -0.39 is 0 Å². The molecule has 1 heterocycles. The minimum absolute atomic E-state index is 0.419. The number of halogens is 2. The molecule has 0 saturated heterocycles. The van der Waals surface area contributed by atoms with Gasteiger partial charge in [-0.2, -0.15) is 4.98 Å². The van der Waals surface area contributed by atoms with Gasteiger partial charge in [-0.3, -0.25) is 0 Å². The normalized spacial score (nSPS) is 10.1. The average Bonchev–Trinajstić information content (AvgIpc) is 2.28. The number of hydrogen-bond acceptors (Lipinski definition) is 4. The van der Waals surface area contributed by atoms with Crippen molar-refractivity contribution < 1.29 is 4.74 Å². The fourth-order valence-corrected chi connectivity index (χ4v) is 1.73. The Kier molecular flexibility index (Phi) is 3.66. The van der Waals surface area contributed by atoms with E-state index in [1.165, 1.54) is 0 Å². The molecule has 1 aromatic carbocycles. The fourth-order valence-electron chi connectivity index (χ4n) is 1.23. The lowest BCUT2D eigenvalue weighted by atomic mass is 10.3. The van der Waals surface area contributed by atoms with Gasteiger partial charge >= 0.3 is 0 Å². The number of benzene rings is 1. The van der Waals surface area contributed by atoms with Gasteiger partial charge in [0.2, 0.25) is 11.8 Å². The van der Waals surface area contributed by atoms with Crippen molar-refractivity contribution in [2.24, 2.45) is 0 Å². The summed E-state index contributed by atoms with van der Waals surface area (Å²) in [6.07, 6.45) is 1.60. The second-order valence-electron chi connectivity index (χ2n) is 3.18. The zero-order chi connectivity index (χ0) is 12.3. The van der Waals surface area contributed by atoms with Crippen LogP contribution in [0.5, 0.6) is 11.6 Å². The molecule has 6 heteroatoms. The number of rotatable bonds is 3. The minimum atomic E-state index is 0.419. The van der Waals surface area contributed by atoms with Gasteiger partial charge in [-0.05, 0) is 18.2 Å². The summed E-state index contributed by atoms with van der Waals surface area (Å²) in [6, 6.07) is 6.60. The van der Waals surface area contributed by atoms with E-state index in [4.69, 9.17) is 27.9 Å². The standard InChI is InChI=1S/C11H9Cl2N3O/c1-14-11-15-3-2-10(16-11)17-9-5-7(12)4-8(13)6-9/h2-6H,1H3,(H,14,15,16). The van der Waals surface area contributed by atoms with Crippen LogP contribution in [0.15, 0.2) is 30.5 Å². The highest BCUT2D eigenvalue weighted by Crippen LogP contribution is 2.27. The van der Waals surface area contributed by atoms with Crippen molar-refractivity contribution in [2.75, 3.05) is 12.4 Å². The molecule has 88 valence electrons. The summed E-state index contributed by atoms with van der Waals surface area (Å²) in [7, 11) is 1.73. The van der Waals surface area contributed by atoms with Gasteiger partial charge in [0.1, 0.15) is 5.75 Å². The van der Waals surface area contributed by atoms with Crippen molar-refractivity contribution in [1.82, 2.24) is 9.97 Å². The van der Waals surface area contributed by atoms with E-state index in [9.17, 15) is 0 Å². The van der Waals surface area contributed by atoms with E-state index in [-0.39, 0.29) is 0 Å². The van der Waals surface area contributed by atoms with E-state index in [0.29, 0.717) is 27.6 Å². The molecule has 2 aromatic rings. The second-order valence-corrected chi connectivity index (χ2v) is 4.05. The highest BCUT2D eigenvalue weighted by Gasteiger charge is 2.03. The van der Waals surface area contributed by atoms with E-state index in [2.05, 4.69) is 15.3 Å². The number of nitrogens with one attached hydrogen (secondary N) is 1. The minimum Gasteiger partial charge on any atom is -0.439 e. The molecular weight excluding hydrogens is 261 g/mol. The third-order valence-electron chi connectivity index (χ3n) is 1.91. The van der Waals surface area contributed by atoms with Crippen molar-refractivity contribution >= 4 is 29.2 Å². The van der Waals surface area contributed by atoms with Gasteiger partial charge < -0.3 is 10.1 Å². The maximum atomic E-state index is 5.87. The number of anilines is 1. The van der Waals surface area contributed by atoms with E-state index in [0.717, 1.165) is 0 Å². The molecule has 2 rings (SSSR count). The molecule has 0 aliphatic carbocycles. The first kappa shape index (κ1) is 12.0. The summed E-state index contributed by atoms with van der Waals surface area (Å²) in [5, 5.41) is 3.84. The SMILES string of the molecule is CNc1nccc(Oc2cc(Cl)cc(Cl)c2)n1. The average molecular weight is 270 g/mol. The lowest BCUT2D eigenvalue weighted by Crippen LogP contribution is -1.97. The van der Waals surface area contributed by atoms with Crippen molar-refractivity contribution in [2.45, 2.75) is 0 Å². The summed E-state index contributed by atoms with van der Waals surface area (Å²) in [6.45, 7) is 0. The summed E-state index contributed by atoms with van der Waals surface area (Å²) >= 11 is 11.7. The molecule has 1 aromatic heterocycles. The van der Waals surface area contributed by atoms with E-state index in [1.54, 1.807) is 37.5 Å². The maximum absolute atomic E-state index is 5.87. The van der Waals surface area contributed by atoms with Crippen LogP contribution in [0.2, 0.25) is 10.0 Å². The Morgan fingerprint density at radius 1 is 1.18 bits per heavy atom. The quantitative estimate of drug-likeness (QED) is 0.925. The van der Waals surface area contributed by atoms with E-state index >= 15 is 0 Å². The molecule has 0 bridgehead atoms. The molecular formula is C11H9Cl2N3O. The first-order valence-electron chi connectivity index (χ1n) is 4.82. The van der Waals surface area contributed by atoms with Crippen LogP contribution in [0.1, 0.15) is 0 Å². The molecule has 1 N–H and O–H groups in total.